The SMILES string of the molecule is COc1cc(C(=O)N2CCN(Cc3ccc(C)cc3)CC2)cc2oc(Br)cc12. The summed E-state index contributed by atoms with van der Waals surface area (Å²) in [5.74, 6) is 0.663. The van der Waals surface area contributed by atoms with Crippen LogP contribution in [0.1, 0.15) is 21.5 Å². The van der Waals surface area contributed by atoms with Crippen molar-refractivity contribution in [2.24, 2.45) is 0 Å². The molecule has 0 saturated carbocycles. The summed E-state index contributed by atoms with van der Waals surface area (Å²) in [4.78, 5) is 17.3. The van der Waals surface area contributed by atoms with Gasteiger partial charge in [-0.3, -0.25) is 9.69 Å². The van der Waals surface area contributed by atoms with E-state index in [4.69, 9.17) is 9.15 Å². The summed E-state index contributed by atoms with van der Waals surface area (Å²) in [5, 5.41) is 0.855. The monoisotopic (exact) mass is 442 g/mol. The van der Waals surface area contributed by atoms with Crippen molar-refractivity contribution in [1.82, 2.24) is 9.80 Å². The van der Waals surface area contributed by atoms with Crippen LogP contribution in [-0.4, -0.2) is 49.0 Å². The molecule has 3 aromatic rings. The fraction of sp³-hybridized carbons (Fsp3) is 0.318. The van der Waals surface area contributed by atoms with Crippen molar-refractivity contribution in [2.45, 2.75) is 13.5 Å². The van der Waals surface area contributed by atoms with Gasteiger partial charge in [0.2, 0.25) is 0 Å². The molecule has 2 heterocycles. The van der Waals surface area contributed by atoms with Crippen molar-refractivity contribution in [2.75, 3.05) is 33.3 Å². The Bertz CT molecular complexity index is 989. The number of rotatable bonds is 4. The van der Waals surface area contributed by atoms with Crippen LogP contribution >= 0.6 is 15.9 Å². The molecule has 6 heteroatoms. The highest BCUT2D eigenvalue weighted by atomic mass is 79.9. The first kappa shape index (κ1) is 19.0. The molecule has 1 aliphatic heterocycles. The van der Waals surface area contributed by atoms with Gasteiger partial charge in [-0.2, -0.15) is 0 Å². The third-order valence-electron chi connectivity index (χ3n) is 5.22. The molecular formula is C22H23BrN2O3. The molecule has 2 aromatic carbocycles. The molecule has 5 nitrogen and oxygen atoms in total. The molecule has 0 bridgehead atoms. The number of furan rings is 1. The van der Waals surface area contributed by atoms with E-state index in [1.54, 1.807) is 19.2 Å². The summed E-state index contributed by atoms with van der Waals surface area (Å²) in [6, 6.07) is 14.1. The smallest absolute Gasteiger partial charge is 0.254 e. The molecule has 0 spiro atoms. The first-order valence-corrected chi connectivity index (χ1v) is 10.2. The standard InChI is InChI=1S/C22H23BrN2O3/c1-15-3-5-16(6-4-15)14-24-7-9-25(10-8-24)22(26)17-11-19(27-2)18-13-21(23)28-20(18)12-17/h3-6,11-13H,7-10,14H2,1-2H3. The number of amides is 1. The van der Waals surface area contributed by atoms with E-state index in [9.17, 15) is 4.79 Å². The molecule has 146 valence electrons. The van der Waals surface area contributed by atoms with Gasteiger partial charge in [0, 0.05) is 44.4 Å². The molecule has 1 aliphatic rings. The molecule has 1 amide bonds. The Morgan fingerprint density at radius 2 is 1.82 bits per heavy atom. The average Bonchev–Trinajstić information content (AvgIpc) is 3.09. The Morgan fingerprint density at radius 3 is 2.50 bits per heavy atom. The van der Waals surface area contributed by atoms with Gasteiger partial charge >= 0.3 is 0 Å². The van der Waals surface area contributed by atoms with Crippen LogP contribution in [0.25, 0.3) is 11.0 Å². The van der Waals surface area contributed by atoms with Crippen LogP contribution in [-0.2, 0) is 6.54 Å². The highest BCUT2D eigenvalue weighted by Gasteiger charge is 2.24. The van der Waals surface area contributed by atoms with Gasteiger partial charge in [0.15, 0.2) is 4.67 Å². The number of piperazine rings is 1. The highest BCUT2D eigenvalue weighted by Crippen LogP contribution is 2.33. The van der Waals surface area contributed by atoms with E-state index in [0.717, 1.165) is 25.0 Å². The van der Waals surface area contributed by atoms with Gasteiger partial charge in [-0.25, -0.2) is 0 Å². The maximum Gasteiger partial charge on any atom is 0.254 e. The maximum atomic E-state index is 13.0. The zero-order valence-corrected chi connectivity index (χ0v) is 17.7. The summed E-state index contributed by atoms with van der Waals surface area (Å²) >= 11 is 3.34. The second kappa shape index (κ2) is 7.97. The summed E-state index contributed by atoms with van der Waals surface area (Å²) in [5.41, 5.74) is 3.82. The van der Waals surface area contributed by atoms with Crippen molar-refractivity contribution in [1.29, 1.82) is 0 Å². The van der Waals surface area contributed by atoms with E-state index in [0.29, 0.717) is 34.7 Å². The fourth-order valence-electron chi connectivity index (χ4n) is 3.61. The van der Waals surface area contributed by atoms with Gasteiger partial charge in [-0.1, -0.05) is 29.8 Å². The van der Waals surface area contributed by atoms with E-state index >= 15 is 0 Å². The third kappa shape index (κ3) is 3.93. The Labute approximate surface area is 173 Å². The minimum absolute atomic E-state index is 0.0164. The normalized spacial score (nSPS) is 15.2. The van der Waals surface area contributed by atoms with Gasteiger partial charge in [0.1, 0.15) is 11.3 Å². The second-order valence-corrected chi connectivity index (χ2v) is 7.98. The zero-order chi connectivity index (χ0) is 19.7. The molecule has 1 aromatic heterocycles. The molecule has 0 atom stereocenters. The quantitative estimate of drug-likeness (QED) is 0.597. The van der Waals surface area contributed by atoms with Crippen molar-refractivity contribution in [3.05, 3.63) is 63.8 Å². The lowest BCUT2D eigenvalue weighted by molar-refractivity contribution is 0.0628. The number of methoxy groups -OCH3 is 1. The maximum absolute atomic E-state index is 13.0. The lowest BCUT2D eigenvalue weighted by Gasteiger charge is -2.34. The Balaban J connectivity index is 1.43. The van der Waals surface area contributed by atoms with E-state index in [-0.39, 0.29) is 5.91 Å². The number of aryl methyl sites for hydroxylation is 1. The van der Waals surface area contributed by atoms with Gasteiger partial charge in [0.25, 0.3) is 5.91 Å². The fourth-order valence-corrected chi connectivity index (χ4v) is 4.01. The molecule has 28 heavy (non-hydrogen) atoms. The van der Waals surface area contributed by atoms with Gasteiger partial charge in [0.05, 0.1) is 12.5 Å². The predicted molar refractivity (Wildman–Crippen MR) is 113 cm³/mol. The molecule has 0 unspecified atom stereocenters. The molecule has 0 radical (unpaired) electrons. The molecular weight excluding hydrogens is 420 g/mol. The summed E-state index contributed by atoms with van der Waals surface area (Å²) in [6.45, 7) is 6.18. The number of hydrogen-bond acceptors (Lipinski definition) is 4. The van der Waals surface area contributed by atoms with E-state index in [1.165, 1.54) is 11.1 Å². The summed E-state index contributed by atoms with van der Waals surface area (Å²) < 4.78 is 11.7. The molecule has 1 saturated heterocycles. The van der Waals surface area contributed by atoms with Gasteiger partial charge in [-0.15, -0.1) is 0 Å². The lowest BCUT2D eigenvalue weighted by atomic mass is 10.1. The zero-order valence-electron chi connectivity index (χ0n) is 16.1. The molecule has 4 rings (SSSR count). The van der Waals surface area contributed by atoms with Crippen LogP contribution in [0.15, 0.2) is 51.6 Å². The number of hydrogen-bond donors (Lipinski definition) is 0. The number of halogens is 1. The van der Waals surface area contributed by atoms with E-state index in [1.807, 2.05) is 11.0 Å². The Hall–Kier alpha value is -2.31. The second-order valence-electron chi connectivity index (χ2n) is 7.19. The summed E-state index contributed by atoms with van der Waals surface area (Å²) in [7, 11) is 1.60. The lowest BCUT2D eigenvalue weighted by Crippen LogP contribution is -2.48. The van der Waals surface area contributed by atoms with Crippen LogP contribution in [0, 0.1) is 6.92 Å². The van der Waals surface area contributed by atoms with E-state index < -0.39 is 0 Å². The number of fused-ring (bicyclic) bond motifs is 1. The number of benzene rings is 2. The van der Waals surface area contributed by atoms with Crippen molar-refractivity contribution < 1.29 is 13.9 Å². The van der Waals surface area contributed by atoms with Crippen LogP contribution in [0.3, 0.4) is 0 Å². The van der Waals surface area contributed by atoms with Crippen molar-refractivity contribution in [3.8, 4) is 5.75 Å². The minimum Gasteiger partial charge on any atom is -0.496 e. The first-order valence-electron chi connectivity index (χ1n) is 9.38. The van der Waals surface area contributed by atoms with Crippen LogP contribution < -0.4 is 4.74 Å². The number of ether oxygens (including phenoxy) is 1. The Morgan fingerprint density at radius 1 is 1.11 bits per heavy atom. The van der Waals surface area contributed by atoms with E-state index in [2.05, 4.69) is 52.0 Å². The summed E-state index contributed by atoms with van der Waals surface area (Å²) in [6.07, 6.45) is 0. The molecule has 0 aliphatic carbocycles. The average molecular weight is 443 g/mol. The predicted octanol–water partition coefficient (Wildman–Crippen LogP) is 4.47. The number of nitrogens with zero attached hydrogens (tertiary/aromatic N) is 2. The van der Waals surface area contributed by atoms with Gasteiger partial charge in [-0.05, 0) is 40.5 Å². The van der Waals surface area contributed by atoms with Crippen molar-refractivity contribution >= 4 is 32.8 Å². The molecule has 1 fully saturated rings. The van der Waals surface area contributed by atoms with Crippen LogP contribution in [0.5, 0.6) is 5.75 Å². The van der Waals surface area contributed by atoms with Crippen LogP contribution in [0.4, 0.5) is 0 Å². The van der Waals surface area contributed by atoms with Crippen LogP contribution in [0.2, 0.25) is 0 Å². The third-order valence-corrected chi connectivity index (χ3v) is 5.61. The number of carbonyl (C=O) groups is 1. The minimum atomic E-state index is 0.0164. The van der Waals surface area contributed by atoms with Crippen molar-refractivity contribution in [3.63, 3.8) is 0 Å². The van der Waals surface area contributed by atoms with Gasteiger partial charge < -0.3 is 14.1 Å². The highest BCUT2D eigenvalue weighted by molar-refractivity contribution is 9.10. The number of carbonyl (C=O) groups excluding carboxylic acids is 1. The Kier molecular flexibility index (Phi) is 5.42. The first-order chi connectivity index (χ1) is 13.5. The topological polar surface area (TPSA) is 45.9 Å². The largest absolute Gasteiger partial charge is 0.496 e. The molecule has 0 N–H and O–H groups in total.